The zero-order valence-corrected chi connectivity index (χ0v) is 13.1. The molecule has 1 amide bonds. The normalized spacial score (nSPS) is 33.2. The molecule has 5 heteroatoms. The maximum Gasteiger partial charge on any atom is 0.341 e. The molecule has 0 radical (unpaired) electrons. The van der Waals surface area contributed by atoms with Gasteiger partial charge in [0.15, 0.2) is 6.61 Å². The fraction of sp³-hybridized carbons (Fsp3) is 0.556. The number of carboxylic acid groups (broad SMARTS) is 1. The van der Waals surface area contributed by atoms with Crippen molar-refractivity contribution in [1.29, 1.82) is 0 Å². The number of hydrogen-bond donors (Lipinski definition) is 2. The lowest BCUT2D eigenvalue weighted by Gasteiger charge is -2.12. The molecule has 4 rings (SSSR count). The molecule has 23 heavy (non-hydrogen) atoms. The maximum atomic E-state index is 12.5. The summed E-state index contributed by atoms with van der Waals surface area (Å²) >= 11 is 0. The number of fused-ring (bicyclic) bond motifs is 5. The molecule has 3 aliphatic carbocycles. The smallest absolute Gasteiger partial charge is 0.341 e. The van der Waals surface area contributed by atoms with Gasteiger partial charge in [0, 0.05) is 11.6 Å². The molecular weight excluding hydrogens is 294 g/mol. The van der Waals surface area contributed by atoms with Crippen LogP contribution in [-0.2, 0) is 9.59 Å². The quantitative estimate of drug-likeness (QED) is 0.876. The average Bonchev–Trinajstić information content (AvgIpc) is 2.96. The highest BCUT2D eigenvalue weighted by Crippen LogP contribution is 2.69. The Hall–Kier alpha value is -2.04. The van der Waals surface area contributed by atoms with E-state index in [4.69, 9.17) is 9.84 Å². The first-order valence-corrected chi connectivity index (χ1v) is 8.30. The second-order valence-corrected chi connectivity index (χ2v) is 7.16. The van der Waals surface area contributed by atoms with E-state index in [2.05, 4.69) is 5.32 Å². The number of aliphatic carboxylic acids is 1. The number of benzene rings is 1. The fourth-order valence-corrected chi connectivity index (χ4v) is 4.90. The lowest BCUT2D eigenvalue weighted by Crippen LogP contribution is -2.19. The second kappa shape index (κ2) is 5.25. The van der Waals surface area contributed by atoms with Gasteiger partial charge in [-0.3, -0.25) is 4.79 Å². The molecule has 0 heterocycles. The third-order valence-electron chi connectivity index (χ3n) is 5.86. The molecule has 2 bridgehead atoms. The van der Waals surface area contributed by atoms with Crippen LogP contribution < -0.4 is 10.1 Å². The van der Waals surface area contributed by atoms with Crippen LogP contribution in [0.2, 0.25) is 0 Å². The van der Waals surface area contributed by atoms with Gasteiger partial charge in [-0.1, -0.05) is 0 Å². The third-order valence-corrected chi connectivity index (χ3v) is 5.86. The van der Waals surface area contributed by atoms with E-state index < -0.39 is 5.97 Å². The van der Waals surface area contributed by atoms with Crippen LogP contribution in [0.1, 0.15) is 24.8 Å². The van der Waals surface area contributed by atoms with Crippen molar-refractivity contribution in [2.45, 2.75) is 26.2 Å². The van der Waals surface area contributed by atoms with Gasteiger partial charge >= 0.3 is 5.97 Å². The van der Waals surface area contributed by atoms with Crippen LogP contribution in [0, 0.1) is 36.5 Å². The number of anilines is 1. The highest BCUT2D eigenvalue weighted by atomic mass is 16.5. The third kappa shape index (κ3) is 2.48. The van der Waals surface area contributed by atoms with E-state index in [1.54, 1.807) is 18.2 Å². The molecule has 3 fully saturated rings. The number of carbonyl (C=O) groups is 2. The monoisotopic (exact) mass is 315 g/mol. The van der Waals surface area contributed by atoms with Gasteiger partial charge in [-0.25, -0.2) is 4.79 Å². The van der Waals surface area contributed by atoms with Crippen LogP contribution in [0.3, 0.4) is 0 Å². The molecular formula is C18H21NO4. The highest BCUT2D eigenvalue weighted by Gasteiger charge is 2.67. The van der Waals surface area contributed by atoms with Gasteiger partial charge in [0.25, 0.3) is 0 Å². The molecule has 122 valence electrons. The zero-order valence-electron chi connectivity index (χ0n) is 13.1. The van der Waals surface area contributed by atoms with Crippen molar-refractivity contribution >= 4 is 17.6 Å². The Bertz CT molecular complexity index is 655. The molecule has 2 N–H and O–H groups in total. The topological polar surface area (TPSA) is 75.6 Å². The molecule has 1 aromatic carbocycles. The van der Waals surface area contributed by atoms with Gasteiger partial charge in [-0.05, 0) is 73.6 Å². The van der Waals surface area contributed by atoms with Crippen molar-refractivity contribution in [2.75, 3.05) is 11.9 Å². The Kier molecular flexibility index (Phi) is 3.32. The Morgan fingerprint density at radius 3 is 2.57 bits per heavy atom. The van der Waals surface area contributed by atoms with Gasteiger partial charge in [-0.2, -0.15) is 0 Å². The van der Waals surface area contributed by atoms with Crippen LogP contribution in [-0.4, -0.2) is 23.6 Å². The highest BCUT2D eigenvalue weighted by molar-refractivity contribution is 5.95. The maximum absolute atomic E-state index is 12.5. The predicted molar refractivity (Wildman–Crippen MR) is 84.2 cm³/mol. The van der Waals surface area contributed by atoms with Crippen LogP contribution in [0.5, 0.6) is 5.75 Å². The van der Waals surface area contributed by atoms with Crippen molar-refractivity contribution in [3.8, 4) is 5.75 Å². The van der Waals surface area contributed by atoms with E-state index in [0.29, 0.717) is 17.6 Å². The standard InChI is InChI=1S/C18H21NO4/c1-9-6-12(23-8-14(20)21)4-5-13(9)19-18(22)17-15-10-2-3-11(7-10)16(15)17/h4-6,10-11,15-17H,2-3,7-8H2,1H3,(H,19,22)(H,20,21). The minimum atomic E-state index is -1.00. The van der Waals surface area contributed by atoms with E-state index in [1.165, 1.54) is 19.3 Å². The van der Waals surface area contributed by atoms with Gasteiger partial charge in [0.05, 0.1) is 0 Å². The second-order valence-electron chi connectivity index (χ2n) is 7.16. The number of carboxylic acids is 1. The molecule has 3 saturated carbocycles. The van der Waals surface area contributed by atoms with Crippen molar-refractivity contribution in [2.24, 2.45) is 29.6 Å². The molecule has 0 saturated heterocycles. The summed E-state index contributed by atoms with van der Waals surface area (Å²) in [7, 11) is 0. The number of nitrogens with one attached hydrogen (secondary N) is 1. The van der Waals surface area contributed by atoms with Crippen molar-refractivity contribution in [1.82, 2.24) is 0 Å². The van der Waals surface area contributed by atoms with Gasteiger partial charge < -0.3 is 15.2 Å². The summed E-state index contributed by atoms with van der Waals surface area (Å²) in [4.78, 5) is 23.1. The zero-order chi connectivity index (χ0) is 16.1. The number of aryl methyl sites for hydroxylation is 1. The molecule has 0 spiro atoms. The first-order valence-electron chi connectivity index (χ1n) is 8.30. The molecule has 5 nitrogen and oxygen atoms in total. The summed E-state index contributed by atoms with van der Waals surface area (Å²) in [5, 5.41) is 11.7. The summed E-state index contributed by atoms with van der Waals surface area (Å²) in [6, 6.07) is 5.25. The molecule has 0 aromatic heterocycles. The Balaban J connectivity index is 1.39. The average molecular weight is 315 g/mol. The molecule has 0 aliphatic heterocycles. The van der Waals surface area contributed by atoms with E-state index in [1.807, 2.05) is 6.92 Å². The SMILES string of the molecule is Cc1cc(OCC(=O)O)ccc1NC(=O)C1C2C3CCC(C3)C12. The number of amides is 1. The van der Waals surface area contributed by atoms with Crippen LogP contribution in [0.25, 0.3) is 0 Å². The van der Waals surface area contributed by atoms with E-state index in [9.17, 15) is 9.59 Å². The lowest BCUT2D eigenvalue weighted by molar-refractivity contribution is -0.139. The largest absolute Gasteiger partial charge is 0.482 e. The summed E-state index contributed by atoms with van der Waals surface area (Å²) < 4.78 is 5.15. The van der Waals surface area contributed by atoms with Gasteiger partial charge in [0.2, 0.25) is 5.91 Å². The Morgan fingerprint density at radius 1 is 1.26 bits per heavy atom. The van der Waals surface area contributed by atoms with Crippen LogP contribution >= 0.6 is 0 Å². The van der Waals surface area contributed by atoms with E-state index in [-0.39, 0.29) is 18.4 Å². The molecule has 1 aromatic rings. The Morgan fingerprint density at radius 2 is 1.96 bits per heavy atom. The van der Waals surface area contributed by atoms with E-state index >= 15 is 0 Å². The van der Waals surface area contributed by atoms with Crippen molar-refractivity contribution in [3.05, 3.63) is 23.8 Å². The molecule has 4 unspecified atom stereocenters. The minimum Gasteiger partial charge on any atom is -0.482 e. The molecule has 3 aliphatic rings. The van der Waals surface area contributed by atoms with Crippen LogP contribution in [0.15, 0.2) is 18.2 Å². The summed E-state index contributed by atoms with van der Waals surface area (Å²) in [6.45, 7) is 1.53. The first kappa shape index (κ1) is 14.5. The fourth-order valence-electron chi connectivity index (χ4n) is 4.90. The molecule has 4 atom stereocenters. The number of carbonyl (C=O) groups excluding carboxylic acids is 1. The van der Waals surface area contributed by atoms with Crippen LogP contribution in [0.4, 0.5) is 5.69 Å². The van der Waals surface area contributed by atoms with Crippen molar-refractivity contribution < 1.29 is 19.4 Å². The van der Waals surface area contributed by atoms with E-state index in [0.717, 1.165) is 23.1 Å². The van der Waals surface area contributed by atoms with Gasteiger partial charge in [0.1, 0.15) is 5.75 Å². The van der Waals surface area contributed by atoms with Gasteiger partial charge in [-0.15, -0.1) is 0 Å². The summed E-state index contributed by atoms with van der Waals surface area (Å²) in [6.07, 6.45) is 3.96. The first-order chi connectivity index (χ1) is 11.0. The minimum absolute atomic E-state index is 0.152. The summed E-state index contributed by atoms with van der Waals surface area (Å²) in [5.41, 5.74) is 1.67. The predicted octanol–water partition coefficient (Wildman–Crippen LogP) is 2.69. The number of ether oxygens (including phenoxy) is 1. The lowest BCUT2D eigenvalue weighted by atomic mass is 10.0. The number of rotatable bonds is 5. The summed E-state index contributed by atoms with van der Waals surface area (Å²) in [5.74, 6) is 2.70. The number of hydrogen-bond acceptors (Lipinski definition) is 3. The van der Waals surface area contributed by atoms with Crippen molar-refractivity contribution in [3.63, 3.8) is 0 Å². The Labute approximate surface area is 135 Å².